The number of thioether (sulfide) groups is 1. The molecule has 1 heterocycles. The van der Waals surface area contributed by atoms with Gasteiger partial charge in [-0.15, -0.1) is 11.8 Å². The van der Waals surface area contributed by atoms with Crippen molar-refractivity contribution < 1.29 is 0 Å². The molecule has 0 aliphatic rings. The van der Waals surface area contributed by atoms with Gasteiger partial charge in [0.25, 0.3) is 0 Å². The first-order chi connectivity index (χ1) is 9.08. The molecule has 0 N–H and O–H groups in total. The summed E-state index contributed by atoms with van der Waals surface area (Å²) in [4.78, 5) is 10.1. The van der Waals surface area contributed by atoms with Crippen LogP contribution in [-0.2, 0) is 5.75 Å². The van der Waals surface area contributed by atoms with Gasteiger partial charge in [0.15, 0.2) is 0 Å². The average molecular weight is 358 g/mol. The first-order valence-corrected chi connectivity index (χ1v) is 8.13. The number of benzene rings is 1. The van der Waals surface area contributed by atoms with Crippen molar-refractivity contribution in [1.29, 1.82) is 0 Å². The van der Waals surface area contributed by atoms with Crippen LogP contribution in [0.25, 0.3) is 0 Å². The maximum Gasteiger partial charge on any atom is 0.147 e. The van der Waals surface area contributed by atoms with Crippen molar-refractivity contribution in [2.75, 3.05) is 0 Å². The molecule has 5 heteroatoms. The molecule has 0 spiro atoms. The highest BCUT2D eigenvalue weighted by molar-refractivity contribution is 9.10. The number of hydrogen-bond acceptors (Lipinski definition) is 3. The second kappa shape index (κ2) is 6.73. The van der Waals surface area contributed by atoms with Gasteiger partial charge in [-0.2, -0.15) is 0 Å². The minimum absolute atomic E-state index is 0.315. The topological polar surface area (TPSA) is 25.8 Å². The highest BCUT2D eigenvalue weighted by atomic mass is 79.9. The Labute approximate surface area is 131 Å². The minimum Gasteiger partial charge on any atom is -0.235 e. The van der Waals surface area contributed by atoms with E-state index in [4.69, 9.17) is 11.6 Å². The van der Waals surface area contributed by atoms with Gasteiger partial charge in [-0.05, 0) is 34.0 Å². The maximum absolute atomic E-state index is 6.14. The van der Waals surface area contributed by atoms with Crippen molar-refractivity contribution in [2.45, 2.75) is 30.4 Å². The molecular weight excluding hydrogens is 344 g/mol. The monoisotopic (exact) mass is 356 g/mol. The Hall–Kier alpha value is -0.580. The number of nitrogens with zero attached hydrogens (tertiary/aromatic N) is 2. The molecule has 1 aromatic carbocycles. The van der Waals surface area contributed by atoms with Crippen LogP contribution >= 0.6 is 39.3 Å². The van der Waals surface area contributed by atoms with E-state index in [9.17, 15) is 0 Å². The van der Waals surface area contributed by atoms with Crippen LogP contribution in [-0.4, -0.2) is 9.97 Å². The molecule has 0 atom stereocenters. The lowest BCUT2D eigenvalue weighted by molar-refractivity contribution is 0.791. The smallest absolute Gasteiger partial charge is 0.147 e. The summed E-state index contributed by atoms with van der Waals surface area (Å²) >= 11 is 11.3. The number of halogens is 2. The van der Waals surface area contributed by atoms with Gasteiger partial charge in [0.2, 0.25) is 0 Å². The number of rotatable bonds is 4. The van der Waals surface area contributed by atoms with Crippen LogP contribution in [0.4, 0.5) is 0 Å². The van der Waals surface area contributed by atoms with E-state index in [0.29, 0.717) is 11.1 Å². The largest absolute Gasteiger partial charge is 0.235 e. The number of hydrogen-bond donors (Lipinski definition) is 0. The second-order valence-electron chi connectivity index (χ2n) is 4.39. The van der Waals surface area contributed by atoms with Crippen molar-refractivity contribution in [3.05, 3.63) is 51.5 Å². The van der Waals surface area contributed by atoms with E-state index in [2.05, 4.69) is 51.9 Å². The molecule has 2 aromatic rings. The standard InChI is InChI=1S/C14H14BrClN2S/c1-9(2)13-12(15)14(16)18-11(17-13)8-19-10-6-4-3-5-7-10/h3-7,9H,8H2,1-2H3. The van der Waals surface area contributed by atoms with Crippen LogP contribution < -0.4 is 0 Å². The van der Waals surface area contributed by atoms with Gasteiger partial charge < -0.3 is 0 Å². The van der Waals surface area contributed by atoms with E-state index in [-0.39, 0.29) is 0 Å². The summed E-state index contributed by atoms with van der Waals surface area (Å²) in [5, 5.41) is 0.488. The van der Waals surface area contributed by atoms with Gasteiger partial charge in [-0.3, -0.25) is 0 Å². The molecule has 0 saturated heterocycles. The van der Waals surface area contributed by atoms with Gasteiger partial charge in [-0.1, -0.05) is 43.6 Å². The van der Waals surface area contributed by atoms with E-state index < -0.39 is 0 Å². The minimum atomic E-state index is 0.315. The summed E-state index contributed by atoms with van der Waals surface area (Å²) in [7, 11) is 0. The summed E-state index contributed by atoms with van der Waals surface area (Å²) < 4.78 is 0.803. The molecule has 0 aliphatic carbocycles. The summed E-state index contributed by atoms with van der Waals surface area (Å²) in [5.41, 5.74) is 0.962. The van der Waals surface area contributed by atoms with E-state index >= 15 is 0 Å². The molecule has 0 saturated carbocycles. The molecule has 1 aromatic heterocycles. The second-order valence-corrected chi connectivity index (χ2v) is 6.59. The fraction of sp³-hybridized carbons (Fsp3) is 0.286. The quantitative estimate of drug-likeness (QED) is 0.548. The fourth-order valence-corrected chi connectivity index (χ4v) is 3.20. The van der Waals surface area contributed by atoms with Crippen LogP contribution in [0.1, 0.15) is 31.3 Å². The normalized spacial score (nSPS) is 11.0. The van der Waals surface area contributed by atoms with Crippen molar-refractivity contribution >= 4 is 39.3 Å². The van der Waals surface area contributed by atoms with Gasteiger partial charge in [0, 0.05) is 4.90 Å². The zero-order valence-electron chi connectivity index (χ0n) is 10.7. The third-order valence-corrected chi connectivity index (χ3v) is 4.83. The SMILES string of the molecule is CC(C)c1nc(CSc2ccccc2)nc(Cl)c1Br. The predicted molar refractivity (Wildman–Crippen MR) is 84.8 cm³/mol. The van der Waals surface area contributed by atoms with E-state index in [1.807, 2.05) is 18.2 Å². The molecular formula is C14H14BrClN2S. The maximum atomic E-state index is 6.14. The fourth-order valence-electron chi connectivity index (χ4n) is 1.59. The zero-order chi connectivity index (χ0) is 13.8. The molecule has 0 amide bonds. The van der Waals surface area contributed by atoms with Crippen LogP contribution in [0.2, 0.25) is 5.15 Å². The summed E-state index contributed by atoms with van der Waals surface area (Å²) in [6.07, 6.45) is 0. The Balaban J connectivity index is 2.17. The molecule has 0 bridgehead atoms. The summed E-state index contributed by atoms with van der Waals surface area (Å²) in [6.45, 7) is 4.19. The molecule has 2 nitrogen and oxygen atoms in total. The average Bonchev–Trinajstić information content (AvgIpc) is 2.41. The Morgan fingerprint density at radius 3 is 2.53 bits per heavy atom. The van der Waals surface area contributed by atoms with Crippen LogP contribution in [0.3, 0.4) is 0 Å². The molecule has 100 valence electrons. The van der Waals surface area contributed by atoms with Crippen LogP contribution in [0.5, 0.6) is 0 Å². The predicted octanol–water partition coefficient (Wildman–Crippen LogP) is 5.31. The lowest BCUT2D eigenvalue weighted by Gasteiger charge is -2.10. The first-order valence-electron chi connectivity index (χ1n) is 5.97. The third-order valence-electron chi connectivity index (χ3n) is 2.54. The summed E-state index contributed by atoms with van der Waals surface area (Å²) in [5.74, 6) is 1.80. The van der Waals surface area contributed by atoms with E-state index in [0.717, 1.165) is 21.7 Å². The zero-order valence-corrected chi connectivity index (χ0v) is 13.9. The van der Waals surface area contributed by atoms with Crippen molar-refractivity contribution in [3.8, 4) is 0 Å². The summed E-state index contributed by atoms with van der Waals surface area (Å²) in [6, 6.07) is 10.2. The Kier molecular flexibility index (Phi) is 5.25. The van der Waals surface area contributed by atoms with Crippen molar-refractivity contribution in [1.82, 2.24) is 9.97 Å². The highest BCUT2D eigenvalue weighted by Gasteiger charge is 2.13. The molecule has 0 fully saturated rings. The molecule has 2 rings (SSSR count). The van der Waals surface area contributed by atoms with E-state index in [1.54, 1.807) is 11.8 Å². The lowest BCUT2D eigenvalue weighted by Crippen LogP contribution is -2.02. The highest BCUT2D eigenvalue weighted by Crippen LogP contribution is 2.30. The molecule has 0 unspecified atom stereocenters. The van der Waals surface area contributed by atoms with Gasteiger partial charge in [0.05, 0.1) is 15.9 Å². The third kappa shape index (κ3) is 3.94. The van der Waals surface area contributed by atoms with Gasteiger partial charge in [-0.25, -0.2) is 9.97 Å². The molecule has 0 radical (unpaired) electrons. The molecule has 0 aliphatic heterocycles. The van der Waals surface area contributed by atoms with Crippen molar-refractivity contribution in [2.24, 2.45) is 0 Å². The van der Waals surface area contributed by atoms with E-state index in [1.165, 1.54) is 4.90 Å². The lowest BCUT2D eigenvalue weighted by atomic mass is 10.1. The number of aromatic nitrogens is 2. The van der Waals surface area contributed by atoms with Gasteiger partial charge >= 0.3 is 0 Å². The van der Waals surface area contributed by atoms with Gasteiger partial charge in [0.1, 0.15) is 11.0 Å². The Morgan fingerprint density at radius 1 is 1.21 bits per heavy atom. The van der Waals surface area contributed by atoms with Crippen LogP contribution in [0, 0.1) is 0 Å². The Bertz CT molecular complexity index is 561. The Morgan fingerprint density at radius 2 is 1.89 bits per heavy atom. The molecule has 19 heavy (non-hydrogen) atoms. The first kappa shape index (κ1) is 14.8. The van der Waals surface area contributed by atoms with Crippen LogP contribution in [0.15, 0.2) is 39.7 Å². The van der Waals surface area contributed by atoms with Crippen molar-refractivity contribution in [3.63, 3.8) is 0 Å².